The van der Waals surface area contributed by atoms with Gasteiger partial charge >= 0.3 is 0 Å². The maximum Gasteiger partial charge on any atom is 0.126 e. The first-order chi connectivity index (χ1) is 8.77. The topological polar surface area (TPSA) is 20.3 Å². The maximum absolute atomic E-state index is 11.2. The Balaban J connectivity index is 2.53. The second kappa shape index (κ2) is 5.27. The lowest BCUT2D eigenvalue weighted by atomic mass is 10.00. The van der Waals surface area contributed by atoms with Crippen molar-refractivity contribution in [3.8, 4) is 0 Å². The molecule has 1 saturated carbocycles. The fraction of sp³-hybridized carbons (Fsp3) is 0.467. The fourth-order valence-electron chi connectivity index (χ4n) is 3.06. The highest BCUT2D eigenvalue weighted by Gasteiger charge is 2.64. The van der Waals surface area contributed by atoms with Gasteiger partial charge in [0.1, 0.15) is 5.94 Å². The predicted octanol–water partition coefficient (Wildman–Crippen LogP) is 2.85. The zero-order chi connectivity index (χ0) is 13.2. The molecule has 96 valence electrons. The van der Waals surface area contributed by atoms with Gasteiger partial charge in [0.15, 0.2) is 0 Å². The van der Waals surface area contributed by atoms with Crippen LogP contribution in [0.2, 0.25) is 0 Å². The van der Waals surface area contributed by atoms with Crippen LogP contribution in [-0.4, -0.2) is 29.8 Å². The van der Waals surface area contributed by atoms with Crippen molar-refractivity contribution >= 4 is 17.5 Å². The van der Waals surface area contributed by atoms with Crippen molar-refractivity contribution in [1.82, 2.24) is 4.90 Å². The van der Waals surface area contributed by atoms with Crippen molar-refractivity contribution in [3.05, 3.63) is 41.5 Å². The molecule has 3 heteroatoms. The Bertz CT molecular complexity index is 463. The van der Waals surface area contributed by atoms with E-state index < -0.39 is 0 Å². The van der Waals surface area contributed by atoms with E-state index in [2.05, 4.69) is 36.8 Å². The van der Waals surface area contributed by atoms with E-state index in [1.165, 1.54) is 0 Å². The second-order valence-corrected chi connectivity index (χ2v) is 4.84. The van der Waals surface area contributed by atoms with E-state index in [1.807, 2.05) is 18.2 Å². The summed E-state index contributed by atoms with van der Waals surface area (Å²) < 4.78 is 0. The normalized spacial score (nSPS) is 26.2. The number of carbonyl (C=O) groups excluding carboxylic acids is 1. The fourth-order valence-corrected chi connectivity index (χ4v) is 3.44. The minimum Gasteiger partial charge on any atom is -0.289 e. The van der Waals surface area contributed by atoms with Crippen molar-refractivity contribution in [2.45, 2.75) is 19.4 Å². The van der Waals surface area contributed by atoms with E-state index in [1.54, 1.807) is 0 Å². The van der Waals surface area contributed by atoms with Crippen molar-refractivity contribution in [1.29, 1.82) is 0 Å². The number of rotatable bonds is 5. The molecule has 0 amide bonds. The van der Waals surface area contributed by atoms with Crippen LogP contribution < -0.4 is 0 Å². The molecule has 2 rings (SSSR count). The number of hydrogen-bond donors (Lipinski definition) is 0. The van der Waals surface area contributed by atoms with Gasteiger partial charge in [-0.15, -0.1) is 11.6 Å². The number of benzene rings is 1. The summed E-state index contributed by atoms with van der Waals surface area (Å²) in [6, 6.07) is 10.1. The molecule has 0 aliphatic heterocycles. The average molecular weight is 264 g/mol. The van der Waals surface area contributed by atoms with E-state index in [4.69, 9.17) is 11.6 Å². The van der Waals surface area contributed by atoms with Gasteiger partial charge in [-0.25, -0.2) is 4.79 Å². The Kier molecular flexibility index (Phi) is 3.91. The van der Waals surface area contributed by atoms with Gasteiger partial charge in [-0.3, -0.25) is 4.90 Å². The lowest BCUT2D eigenvalue weighted by Gasteiger charge is -2.30. The highest BCUT2D eigenvalue weighted by Crippen LogP contribution is 2.60. The molecular formula is C15H18ClNO. The zero-order valence-electron chi connectivity index (χ0n) is 10.8. The third-order valence-corrected chi connectivity index (χ3v) is 4.23. The molecule has 1 aliphatic carbocycles. The molecule has 0 aromatic heterocycles. The summed E-state index contributed by atoms with van der Waals surface area (Å²) in [6.45, 7) is 6.01. The highest BCUT2D eigenvalue weighted by molar-refractivity contribution is 6.19. The number of alkyl halides is 1. The van der Waals surface area contributed by atoms with E-state index >= 15 is 0 Å². The van der Waals surface area contributed by atoms with Gasteiger partial charge in [0, 0.05) is 17.4 Å². The molecule has 2 unspecified atom stereocenters. The quantitative estimate of drug-likeness (QED) is 0.601. The SMILES string of the molecule is CCN(CC)C1(c2ccccc2)C(=C=O)C1CCl. The third-order valence-electron chi connectivity index (χ3n) is 3.92. The predicted molar refractivity (Wildman–Crippen MR) is 74.5 cm³/mol. The number of halogens is 1. The van der Waals surface area contributed by atoms with Crippen molar-refractivity contribution in [2.24, 2.45) is 5.92 Å². The molecule has 2 atom stereocenters. The smallest absolute Gasteiger partial charge is 0.126 e. The van der Waals surface area contributed by atoms with Gasteiger partial charge < -0.3 is 0 Å². The zero-order valence-corrected chi connectivity index (χ0v) is 11.6. The molecule has 1 aromatic rings. The van der Waals surface area contributed by atoms with Gasteiger partial charge in [0.25, 0.3) is 0 Å². The minimum absolute atomic E-state index is 0.0963. The number of hydrogen-bond acceptors (Lipinski definition) is 2. The first-order valence-corrected chi connectivity index (χ1v) is 6.92. The molecule has 0 radical (unpaired) electrons. The van der Waals surface area contributed by atoms with E-state index in [-0.39, 0.29) is 11.5 Å². The highest BCUT2D eigenvalue weighted by atomic mass is 35.5. The molecule has 18 heavy (non-hydrogen) atoms. The first kappa shape index (κ1) is 13.4. The van der Waals surface area contributed by atoms with E-state index in [0.29, 0.717) is 5.88 Å². The van der Waals surface area contributed by atoms with Crippen molar-refractivity contribution in [3.63, 3.8) is 0 Å². The van der Waals surface area contributed by atoms with Crippen LogP contribution in [0.25, 0.3) is 0 Å². The largest absolute Gasteiger partial charge is 0.289 e. The molecule has 0 bridgehead atoms. The van der Waals surface area contributed by atoms with Gasteiger partial charge in [-0.1, -0.05) is 44.2 Å². The van der Waals surface area contributed by atoms with Crippen LogP contribution in [0.15, 0.2) is 35.9 Å². The Labute approximate surface area is 113 Å². The molecule has 2 nitrogen and oxygen atoms in total. The molecule has 0 heterocycles. The Hall–Kier alpha value is -1.08. The van der Waals surface area contributed by atoms with Crippen LogP contribution in [0.5, 0.6) is 0 Å². The molecule has 0 saturated heterocycles. The lowest BCUT2D eigenvalue weighted by molar-refractivity contribution is 0.192. The summed E-state index contributed by atoms with van der Waals surface area (Å²) >= 11 is 6.04. The van der Waals surface area contributed by atoms with Crippen LogP contribution in [0.1, 0.15) is 19.4 Å². The third kappa shape index (κ3) is 1.73. The molecule has 1 aliphatic rings. The second-order valence-electron chi connectivity index (χ2n) is 4.53. The Morgan fingerprint density at radius 2 is 1.89 bits per heavy atom. The van der Waals surface area contributed by atoms with Gasteiger partial charge in [0.2, 0.25) is 0 Å². The van der Waals surface area contributed by atoms with Crippen LogP contribution >= 0.6 is 11.6 Å². The van der Waals surface area contributed by atoms with Crippen LogP contribution in [-0.2, 0) is 10.3 Å². The summed E-state index contributed by atoms with van der Waals surface area (Å²) in [5.41, 5.74) is 1.64. The molecule has 1 aromatic carbocycles. The molecule has 1 fully saturated rings. The minimum atomic E-state index is -0.311. The molecular weight excluding hydrogens is 246 g/mol. The molecule has 0 N–H and O–H groups in total. The van der Waals surface area contributed by atoms with Crippen molar-refractivity contribution < 1.29 is 4.79 Å². The number of likely N-dealkylation sites (N-methyl/N-ethyl adjacent to an activating group) is 1. The van der Waals surface area contributed by atoms with E-state index in [9.17, 15) is 4.79 Å². The standard InChI is InChI=1S/C15H18ClNO/c1-3-17(4-2)15(12-8-6-5-7-9-12)13(10-16)14(15)11-18/h5-9,13H,3-4,10H2,1-2H3. The molecule has 0 spiro atoms. The Morgan fingerprint density at radius 3 is 2.28 bits per heavy atom. The summed E-state index contributed by atoms with van der Waals surface area (Å²) in [5, 5.41) is 0. The number of nitrogens with zero attached hydrogens (tertiary/aromatic N) is 1. The monoisotopic (exact) mass is 263 g/mol. The summed E-state index contributed by atoms with van der Waals surface area (Å²) in [6.07, 6.45) is 0. The lowest BCUT2D eigenvalue weighted by Crippen LogP contribution is -2.37. The summed E-state index contributed by atoms with van der Waals surface area (Å²) in [7, 11) is 0. The summed E-state index contributed by atoms with van der Waals surface area (Å²) in [4.78, 5) is 13.5. The first-order valence-electron chi connectivity index (χ1n) is 6.39. The van der Waals surface area contributed by atoms with Gasteiger partial charge in [0.05, 0.1) is 5.54 Å². The van der Waals surface area contributed by atoms with Crippen LogP contribution in [0.4, 0.5) is 0 Å². The van der Waals surface area contributed by atoms with Gasteiger partial charge in [-0.2, -0.15) is 0 Å². The maximum atomic E-state index is 11.2. The van der Waals surface area contributed by atoms with Crippen molar-refractivity contribution in [2.75, 3.05) is 19.0 Å². The Morgan fingerprint density at radius 1 is 1.28 bits per heavy atom. The summed E-state index contributed by atoms with van der Waals surface area (Å²) in [5.74, 6) is 2.68. The van der Waals surface area contributed by atoms with E-state index in [0.717, 1.165) is 24.2 Å². The van der Waals surface area contributed by atoms with Crippen LogP contribution in [0, 0.1) is 5.92 Å². The van der Waals surface area contributed by atoms with Gasteiger partial charge in [-0.05, 0) is 18.7 Å². The average Bonchev–Trinajstić information content (AvgIpc) is 3.10. The van der Waals surface area contributed by atoms with Crippen LogP contribution in [0.3, 0.4) is 0 Å².